The molecule has 0 saturated carbocycles. The molecule has 1 saturated heterocycles. The van der Waals surface area contributed by atoms with E-state index in [0.29, 0.717) is 12.8 Å². The van der Waals surface area contributed by atoms with Crippen LogP contribution in [0.5, 0.6) is 0 Å². The van der Waals surface area contributed by atoms with Crippen LogP contribution in [0.25, 0.3) is 0 Å². The van der Waals surface area contributed by atoms with E-state index in [1.807, 2.05) is 0 Å². The quantitative estimate of drug-likeness (QED) is 0.0226. The summed E-state index contributed by atoms with van der Waals surface area (Å²) in [6.45, 7) is 3.42. The fraction of sp³-hybridized carbons (Fsp3) is 0.935. The third-order valence-corrected chi connectivity index (χ3v) is 11.6. The average molecular weight is 816 g/mol. The number of aliphatic hydroxyl groups excluding tert-OH is 7. The molecule has 0 aliphatic carbocycles. The molecule has 1 aliphatic rings. The van der Waals surface area contributed by atoms with Gasteiger partial charge in [0.05, 0.1) is 25.4 Å². The van der Waals surface area contributed by atoms with Crippen LogP contribution in [0.4, 0.5) is 0 Å². The van der Waals surface area contributed by atoms with E-state index in [-0.39, 0.29) is 12.8 Å². The van der Waals surface area contributed by atoms with E-state index in [4.69, 9.17) is 9.47 Å². The normalized spacial score (nSPS) is 22.2. The van der Waals surface area contributed by atoms with Gasteiger partial charge in [-0.25, -0.2) is 0 Å². The van der Waals surface area contributed by atoms with Crippen LogP contribution in [-0.2, 0) is 14.3 Å². The molecule has 1 amide bonds. The summed E-state index contributed by atoms with van der Waals surface area (Å²) in [7, 11) is 0. The first-order chi connectivity index (χ1) is 27.7. The lowest BCUT2D eigenvalue weighted by atomic mass is 9.98. The van der Waals surface area contributed by atoms with Crippen molar-refractivity contribution in [3.8, 4) is 0 Å². The van der Waals surface area contributed by atoms with Gasteiger partial charge < -0.3 is 50.5 Å². The molecule has 9 atom stereocenters. The third-order valence-electron chi connectivity index (χ3n) is 11.6. The number of hydrogen-bond donors (Lipinski definition) is 8. The molecular formula is C46H89NO10. The summed E-state index contributed by atoms with van der Waals surface area (Å²) in [5.74, 6) is -0.705. The van der Waals surface area contributed by atoms with Crippen molar-refractivity contribution in [2.45, 2.75) is 262 Å². The summed E-state index contributed by atoms with van der Waals surface area (Å²) in [6.07, 6.45) is 26.9. The van der Waals surface area contributed by atoms with Gasteiger partial charge in [-0.15, -0.1) is 0 Å². The number of aliphatic hydroxyl groups is 7. The maximum atomic E-state index is 13.1. The van der Waals surface area contributed by atoms with Crippen LogP contribution in [0.2, 0.25) is 0 Å². The Hall–Kier alpha value is -1.15. The Morgan fingerprint density at radius 2 is 1.04 bits per heavy atom. The minimum absolute atomic E-state index is 0.259. The number of hydrogen-bond acceptors (Lipinski definition) is 10. The van der Waals surface area contributed by atoms with Crippen molar-refractivity contribution in [2.24, 2.45) is 0 Å². The van der Waals surface area contributed by atoms with E-state index in [2.05, 4.69) is 31.3 Å². The molecule has 1 heterocycles. The largest absolute Gasteiger partial charge is 0.394 e. The van der Waals surface area contributed by atoms with E-state index < -0.39 is 74.2 Å². The molecule has 0 aromatic rings. The molecule has 1 aliphatic heterocycles. The number of unbranched alkanes of at least 4 members (excludes halogenated alkanes) is 25. The van der Waals surface area contributed by atoms with Crippen molar-refractivity contribution in [2.75, 3.05) is 13.2 Å². The van der Waals surface area contributed by atoms with Gasteiger partial charge in [0.25, 0.3) is 0 Å². The van der Waals surface area contributed by atoms with Crippen LogP contribution in [-0.4, -0.2) is 110 Å². The number of carbonyl (C=O) groups is 1. The number of nitrogens with one attached hydrogen (secondary N) is 1. The zero-order chi connectivity index (χ0) is 41.9. The summed E-state index contributed by atoms with van der Waals surface area (Å²) >= 11 is 0. The maximum Gasteiger partial charge on any atom is 0.249 e. The SMILES string of the molecule is CCCCCCCCC/C=C\CCC[C@H](O)[C@H](O)[C@H](CO[C@@H]1O[C@H](CO)[C@@H](O)[C@H](O)[C@H]1O)NC(=O)[C@H](O)CCCCCCCCCCCCCCCCCCCC. The first-order valence-corrected chi connectivity index (χ1v) is 23.6. The lowest BCUT2D eigenvalue weighted by Gasteiger charge is -2.40. The molecule has 57 heavy (non-hydrogen) atoms. The summed E-state index contributed by atoms with van der Waals surface area (Å²) in [6, 6.07) is -1.18. The van der Waals surface area contributed by atoms with Crippen LogP contribution in [0, 0.1) is 0 Å². The predicted octanol–water partition coefficient (Wildman–Crippen LogP) is 7.67. The Kier molecular flexibility index (Phi) is 34.7. The van der Waals surface area contributed by atoms with Crippen molar-refractivity contribution in [3.05, 3.63) is 12.2 Å². The molecule has 0 spiro atoms. The van der Waals surface area contributed by atoms with Crippen molar-refractivity contribution in [1.82, 2.24) is 5.32 Å². The molecular weight excluding hydrogens is 727 g/mol. The first-order valence-electron chi connectivity index (χ1n) is 23.6. The van der Waals surface area contributed by atoms with Gasteiger partial charge in [0, 0.05) is 0 Å². The molecule has 1 fully saturated rings. The topological polar surface area (TPSA) is 189 Å². The van der Waals surface area contributed by atoms with Crippen LogP contribution in [0.3, 0.4) is 0 Å². The molecule has 11 nitrogen and oxygen atoms in total. The van der Waals surface area contributed by atoms with Gasteiger partial charge in [0.1, 0.15) is 36.6 Å². The first kappa shape index (κ1) is 53.9. The Labute approximate surface area is 347 Å². The lowest BCUT2D eigenvalue weighted by molar-refractivity contribution is -0.303. The van der Waals surface area contributed by atoms with Crippen LogP contribution in [0.1, 0.15) is 206 Å². The van der Waals surface area contributed by atoms with Gasteiger partial charge in [-0.1, -0.05) is 180 Å². The van der Waals surface area contributed by atoms with Gasteiger partial charge >= 0.3 is 0 Å². The highest BCUT2D eigenvalue weighted by Crippen LogP contribution is 2.23. The molecule has 11 heteroatoms. The molecule has 0 radical (unpaired) electrons. The van der Waals surface area contributed by atoms with Gasteiger partial charge in [-0.3, -0.25) is 4.79 Å². The zero-order valence-corrected chi connectivity index (χ0v) is 36.3. The highest BCUT2D eigenvalue weighted by Gasteiger charge is 2.44. The summed E-state index contributed by atoms with van der Waals surface area (Å²) in [5.41, 5.74) is 0. The number of carbonyl (C=O) groups excluding carboxylic acids is 1. The Bertz CT molecular complexity index is 939. The second kappa shape index (κ2) is 36.7. The predicted molar refractivity (Wildman–Crippen MR) is 229 cm³/mol. The van der Waals surface area contributed by atoms with E-state index in [9.17, 15) is 40.5 Å². The Morgan fingerprint density at radius 3 is 1.51 bits per heavy atom. The standard InChI is InChI=1S/C46H89NO10/c1-3-5-7-9-11-13-15-17-18-19-20-21-22-24-26-28-30-32-34-39(50)45(55)47-37(36-56-46-44(54)43(53)42(52)40(35-48)57-46)41(51)38(49)33-31-29-27-25-23-16-14-12-10-8-6-4-2/h25,27,37-44,46,48-54H,3-24,26,28-36H2,1-2H3,(H,47,55)/b27-25-/t37-,38-,39+,40+,41+,42+,43-,44+,46+/m0/s1. The van der Waals surface area contributed by atoms with Crippen LogP contribution < -0.4 is 5.32 Å². The van der Waals surface area contributed by atoms with Gasteiger partial charge in [-0.05, 0) is 38.5 Å². The minimum Gasteiger partial charge on any atom is -0.394 e. The molecule has 1 rings (SSSR count). The molecule has 0 bridgehead atoms. The van der Waals surface area contributed by atoms with E-state index in [1.54, 1.807) is 0 Å². The highest BCUT2D eigenvalue weighted by atomic mass is 16.7. The van der Waals surface area contributed by atoms with Crippen molar-refractivity contribution in [3.63, 3.8) is 0 Å². The van der Waals surface area contributed by atoms with Crippen molar-refractivity contribution in [1.29, 1.82) is 0 Å². The van der Waals surface area contributed by atoms with Gasteiger partial charge in [0.15, 0.2) is 6.29 Å². The number of ether oxygens (including phenoxy) is 2. The molecule has 8 N–H and O–H groups in total. The van der Waals surface area contributed by atoms with Crippen LogP contribution in [0.15, 0.2) is 12.2 Å². The average Bonchev–Trinajstić information content (AvgIpc) is 3.21. The van der Waals surface area contributed by atoms with E-state index >= 15 is 0 Å². The monoisotopic (exact) mass is 816 g/mol. The Balaban J connectivity index is 2.43. The number of amides is 1. The number of rotatable bonds is 39. The molecule has 338 valence electrons. The summed E-state index contributed by atoms with van der Waals surface area (Å²) in [5, 5.41) is 75.6. The second-order valence-corrected chi connectivity index (χ2v) is 16.8. The smallest absolute Gasteiger partial charge is 0.249 e. The highest BCUT2D eigenvalue weighted by molar-refractivity contribution is 5.80. The molecule has 0 aromatic heterocycles. The van der Waals surface area contributed by atoms with Gasteiger partial charge in [0.2, 0.25) is 5.91 Å². The van der Waals surface area contributed by atoms with Crippen molar-refractivity contribution < 1.29 is 50.0 Å². The fourth-order valence-electron chi connectivity index (χ4n) is 7.62. The van der Waals surface area contributed by atoms with Gasteiger partial charge in [-0.2, -0.15) is 0 Å². The summed E-state index contributed by atoms with van der Waals surface area (Å²) < 4.78 is 11.1. The lowest BCUT2D eigenvalue weighted by Crippen LogP contribution is -2.60. The summed E-state index contributed by atoms with van der Waals surface area (Å²) in [4.78, 5) is 13.1. The molecule has 0 unspecified atom stereocenters. The van der Waals surface area contributed by atoms with Crippen LogP contribution >= 0.6 is 0 Å². The maximum absolute atomic E-state index is 13.1. The van der Waals surface area contributed by atoms with E-state index in [0.717, 1.165) is 38.5 Å². The number of allylic oxidation sites excluding steroid dienone is 2. The molecule has 0 aromatic carbocycles. The van der Waals surface area contributed by atoms with Crippen molar-refractivity contribution >= 4 is 5.91 Å². The second-order valence-electron chi connectivity index (χ2n) is 16.8. The Morgan fingerprint density at radius 1 is 0.596 bits per heavy atom. The minimum atomic E-state index is -1.66. The zero-order valence-electron chi connectivity index (χ0n) is 36.3. The fourth-order valence-corrected chi connectivity index (χ4v) is 7.62. The van der Waals surface area contributed by atoms with E-state index in [1.165, 1.54) is 128 Å². The third kappa shape index (κ3) is 26.6.